The summed E-state index contributed by atoms with van der Waals surface area (Å²) in [7, 11) is 0. The number of carboxylic acids is 1. The summed E-state index contributed by atoms with van der Waals surface area (Å²) in [6.07, 6.45) is 2.37. The fourth-order valence-corrected chi connectivity index (χ4v) is 3.03. The molecule has 1 fully saturated rings. The second kappa shape index (κ2) is 6.15. The van der Waals surface area contributed by atoms with Gasteiger partial charge in [0.15, 0.2) is 5.13 Å². The van der Waals surface area contributed by atoms with Gasteiger partial charge >= 0.3 is 5.97 Å². The summed E-state index contributed by atoms with van der Waals surface area (Å²) in [5, 5.41) is 14.8. The first-order valence-corrected chi connectivity index (χ1v) is 7.20. The van der Waals surface area contributed by atoms with Crippen molar-refractivity contribution in [3.63, 3.8) is 0 Å². The number of aromatic nitrogens is 1. The van der Waals surface area contributed by atoms with Crippen LogP contribution in [0.4, 0.5) is 5.13 Å². The van der Waals surface area contributed by atoms with E-state index < -0.39 is 5.97 Å². The van der Waals surface area contributed by atoms with Gasteiger partial charge in [-0.05, 0) is 25.9 Å². The van der Waals surface area contributed by atoms with Crippen LogP contribution in [-0.4, -0.2) is 46.6 Å². The van der Waals surface area contributed by atoms with Crippen LogP contribution in [0.15, 0.2) is 5.38 Å². The number of hydrogen-bond donors (Lipinski definition) is 2. The van der Waals surface area contributed by atoms with Crippen LogP contribution in [0.3, 0.4) is 0 Å². The van der Waals surface area contributed by atoms with E-state index in [0.717, 1.165) is 24.6 Å². The van der Waals surface area contributed by atoms with Crippen LogP contribution in [0, 0.1) is 0 Å². The normalized spacial score (nSPS) is 20.8. The summed E-state index contributed by atoms with van der Waals surface area (Å²) >= 11 is 1.49. The Bertz CT molecular complexity index is 408. The zero-order valence-electron chi connectivity index (χ0n) is 10.6. The van der Waals surface area contributed by atoms with Crippen LogP contribution < -0.4 is 5.32 Å². The maximum atomic E-state index is 10.6. The Morgan fingerprint density at radius 2 is 2.56 bits per heavy atom. The van der Waals surface area contributed by atoms with E-state index in [9.17, 15) is 4.79 Å². The molecule has 1 aliphatic heterocycles. The molecule has 18 heavy (non-hydrogen) atoms. The molecule has 5 nitrogen and oxygen atoms in total. The number of anilines is 1. The third kappa shape index (κ3) is 3.68. The van der Waals surface area contributed by atoms with Gasteiger partial charge in [-0.2, -0.15) is 0 Å². The Hall–Kier alpha value is -1.14. The van der Waals surface area contributed by atoms with Crippen molar-refractivity contribution in [1.29, 1.82) is 0 Å². The first-order valence-electron chi connectivity index (χ1n) is 6.32. The molecule has 0 bridgehead atoms. The van der Waals surface area contributed by atoms with Gasteiger partial charge in [-0.15, -0.1) is 11.3 Å². The number of carboxylic acid groups (broad SMARTS) is 1. The minimum Gasteiger partial charge on any atom is -0.481 e. The lowest BCUT2D eigenvalue weighted by Gasteiger charge is -2.32. The number of thiazole rings is 1. The highest BCUT2D eigenvalue weighted by molar-refractivity contribution is 7.13. The average molecular weight is 269 g/mol. The van der Waals surface area contributed by atoms with Crippen LogP contribution in [0.25, 0.3) is 0 Å². The maximum absolute atomic E-state index is 10.6. The van der Waals surface area contributed by atoms with Gasteiger partial charge < -0.3 is 15.3 Å². The zero-order chi connectivity index (χ0) is 13.0. The van der Waals surface area contributed by atoms with Gasteiger partial charge in [-0.3, -0.25) is 4.79 Å². The molecule has 0 spiro atoms. The summed E-state index contributed by atoms with van der Waals surface area (Å²) in [6.45, 7) is 5.48. The van der Waals surface area contributed by atoms with Crippen LogP contribution in [-0.2, 0) is 11.2 Å². The van der Waals surface area contributed by atoms with Crippen molar-refractivity contribution in [2.45, 2.75) is 32.2 Å². The summed E-state index contributed by atoms with van der Waals surface area (Å²) in [4.78, 5) is 17.3. The van der Waals surface area contributed by atoms with Gasteiger partial charge in [0.1, 0.15) is 0 Å². The number of carbonyl (C=O) groups is 1. The van der Waals surface area contributed by atoms with Crippen molar-refractivity contribution in [2.75, 3.05) is 25.0 Å². The topological polar surface area (TPSA) is 65.5 Å². The Labute approximate surface area is 111 Å². The largest absolute Gasteiger partial charge is 0.481 e. The van der Waals surface area contributed by atoms with Crippen molar-refractivity contribution in [3.8, 4) is 0 Å². The molecule has 1 aromatic rings. The predicted molar refractivity (Wildman–Crippen MR) is 72.2 cm³/mol. The molecular weight excluding hydrogens is 250 g/mol. The lowest BCUT2D eigenvalue weighted by molar-refractivity contribution is -0.136. The molecular formula is C12H19N3O2S. The number of nitrogens with one attached hydrogen (secondary N) is 1. The van der Waals surface area contributed by atoms with Crippen molar-refractivity contribution in [1.82, 2.24) is 9.88 Å². The summed E-state index contributed by atoms with van der Waals surface area (Å²) in [5.41, 5.74) is 0.637. The fourth-order valence-electron chi connectivity index (χ4n) is 2.24. The van der Waals surface area contributed by atoms with E-state index >= 15 is 0 Å². The SMILES string of the molecule is CCN1CCCC(Nc2nc(CC(=O)O)cs2)C1. The second-order valence-electron chi connectivity index (χ2n) is 4.59. The molecule has 1 atom stereocenters. The molecule has 0 aliphatic carbocycles. The molecule has 0 radical (unpaired) electrons. The molecule has 0 aromatic carbocycles. The summed E-state index contributed by atoms with van der Waals surface area (Å²) in [5.74, 6) is -0.832. The van der Waals surface area contributed by atoms with E-state index in [2.05, 4.69) is 22.1 Å². The van der Waals surface area contributed by atoms with Crippen molar-refractivity contribution >= 4 is 22.4 Å². The number of piperidine rings is 1. The number of likely N-dealkylation sites (N-methyl/N-ethyl adjacent to an activating group) is 1. The highest BCUT2D eigenvalue weighted by Gasteiger charge is 2.19. The van der Waals surface area contributed by atoms with E-state index in [1.807, 2.05) is 5.38 Å². The van der Waals surface area contributed by atoms with Crippen LogP contribution in [0.2, 0.25) is 0 Å². The number of aliphatic carboxylic acids is 1. The van der Waals surface area contributed by atoms with E-state index in [4.69, 9.17) is 5.11 Å². The summed E-state index contributed by atoms with van der Waals surface area (Å²) < 4.78 is 0. The van der Waals surface area contributed by atoms with Crippen LogP contribution >= 0.6 is 11.3 Å². The molecule has 1 unspecified atom stereocenters. The molecule has 100 valence electrons. The monoisotopic (exact) mass is 269 g/mol. The maximum Gasteiger partial charge on any atom is 0.309 e. The Morgan fingerprint density at radius 1 is 1.72 bits per heavy atom. The highest BCUT2D eigenvalue weighted by atomic mass is 32.1. The first-order chi connectivity index (χ1) is 8.67. The zero-order valence-corrected chi connectivity index (χ0v) is 11.4. The smallest absolute Gasteiger partial charge is 0.309 e. The molecule has 2 heterocycles. The summed E-state index contributed by atoms with van der Waals surface area (Å²) in [6, 6.07) is 0.433. The molecule has 0 amide bonds. The van der Waals surface area contributed by atoms with Gasteiger partial charge in [-0.25, -0.2) is 4.98 Å². The van der Waals surface area contributed by atoms with Crippen molar-refractivity contribution in [3.05, 3.63) is 11.1 Å². The molecule has 6 heteroatoms. The van der Waals surface area contributed by atoms with Gasteiger partial charge in [0.25, 0.3) is 0 Å². The molecule has 1 aromatic heterocycles. The van der Waals surface area contributed by atoms with E-state index in [0.29, 0.717) is 11.7 Å². The molecule has 1 saturated heterocycles. The fraction of sp³-hybridized carbons (Fsp3) is 0.667. The van der Waals surface area contributed by atoms with E-state index in [1.54, 1.807) is 0 Å². The van der Waals surface area contributed by atoms with Gasteiger partial charge in [-0.1, -0.05) is 6.92 Å². The van der Waals surface area contributed by atoms with Gasteiger partial charge in [0, 0.05) is 18.0 Å². The molecule has 2 rings (SSSR count). The van der Waals surface area contributed by atoms with Crippen molar-refractivity contribution in [2.24, 2.45) is 0 Å². The van der Waals surface area contributed by atoms with Gasteiger partial charge in [0.2, 0.25) is 0 Å². The minimum absolute atomic E-state index is 0.00390. The Kier molecular flexibility index (Phi) is 4.54. The number of likely N-dealkylation sites (tertiary alicyclic amines) is 1. The number of rotatable bonds is 5. The van der Waals surface area contributed by atoms with E-state index in [-0.39, 0.29) is 6.42 Å². The number of nitrogens with zero attached hydrogens (tertiary/aromatic N) is 2. The Balaban J connectivity index is 1.88. The number of hydrogen-bond acceptors (Lipinski definition) is 5. The minimum atomic E-state index is -0.832. The van der Waals surface area contributed by atoms with Crippen LogP contribution in [0.1, 0.15) is 25.5 Å². The van der Waals surface area contributed by atoms with Gasteiger partial charge in [0.05, 0.1) is 12.1 Å². The molecule has 2 N–H and O–H groups in total. The third-order valence-corrected chi connectivity index (χ3v) is 3.99. The van der Waals surface area contributed by atoms with E-state index in [1.165, 1.54) is 24.3 Å². The predicted octanol–water partition coefficient (Wildman–Crippen LogP) is 1.67. The standard InChI is InChI=1S/C12H19N3O2S/c1-2-15-5-3-4-9(7-15)13-12-14-10(8-18-12)6-11(16)17/h8-9H,2-7H2,1H3,(H,13,14)(H,16,17). The average Bonchev–Trinajstić information content (AvgIpc) is 2.76. The highest BCUT2D eigenvalue weighted by Crippen LogP contribution is 2.20. The third-order valence-electron chi connectivity index (χ3n) is 3.16. The first kappa shape index (κ1) is 13.3. The molecule has 1 aliphatic rings. The lowest BCUT2D eigenvalue weighted by Crippen LogP contribution is -2.41. The second-order valence-corrected chi connectivity index (χ2v) is 5.45. The lowest BCUT2D eigenvalue weighted by atomic mass is 10.1. The molecule has 0 saturated carbocycles. The quantitative estimate of drug-likeness (QED) is 0.851. The van der Waals surface area contributed by atoms with Crippen molar-refractivity contribution < 1.29 is 9.90 Å². The van der Waals surface area contributed by atoms with Crippen LogP contribution in [0.5, 0.6) is 0 Å². The Morgan fingerprint density at radius 3 is 3.28 bits per heavy atom.